The van der Waals surface area contributed by atoms with Crippen LogP contribution in [0.2, 0.25) is 0 Å². The van der Waals surface area contributed by atoms with Crippen LogP contribution in [0.4, 0.5) is 0 Å². The molecule has 0 amide bonds. The quantitative estimate of drug-likeness (QED) is 0.790. The van der Waals surface area contributed by atoms with Crippen molar-refractivity contribution < 1.29 is 9.90 Å². The van der Waals surface area contributed by atoms with Crippen LogP contribution in [0.25, 0.3) is 5.82 Å². The van der Waals surface area contributed by atoms with Gasteiger partial charge in [-0.3, -0.25) is 14.2 Å². The van der Waals surface area contributed by atoms with Gasteiger partial charge in [-0.15, -0.1) is 0 Å². The van der Waals surface area contributed by atoms with Crippen molar-refractivity contribution in [2.45, 2.75) is 38.1 Å². The molecule has 8 heteroatoms. The lowest BCUT2D eigenvalue weighted by atomic mass is 9.97. The molecule has 3 N–H and O–H groups in total. The van der Waals surface area contributed by atoms with Crippen LogP contribution in [-0.2, 0) is 31.1 Å². The largest absolute Gasteiger partial charge is 0.480 e. The van der Waals surface area contributed by atoms with E-state index in [2.05, 4.69) is 4.98 Å². The van der Waals surface area contributed by atoms with Gasteiger partial charge >= 0.3 is 11.7 Å². The number of carbonyl (C=O) groups is 1. The fourth-order valence-corrected chi connectivity index (χ4v) is 3.19. The molecular formula is C17H20N4O4. The van der Waals surface area contributed by atoms with Crippen molar-refractivity contribution in [1.29, 1.82) is 0 Å². The predicted molar refractivity (Wildman–Crippen MR) is 91.0 cm³/mol. The van der Waals surface area contributed by atoms with Crippen molar-refractivity contribution in [1.82, 2.24) is 14.1 Å². The molecule has 2 aromatic rings. The van der Waals surface area contributed by atoms with Crippen molar-refractivity contribution in [2.24, 2.45) is 12.8 Å². The van der Waals surface area contributed by atoms with Gasteiger partial charge in [0, 0.05) is 24.5 Å². The zero-order valence-electron chi connectivity index (χ0n) is 13.9. The van der Waals surface area contributed by atoms with E-state index >= 15 is 0 Å². The Morgan fingerprint density at radius 2 is 2.04 bits per heavy atom. The molecule has 2 aromatic heterocycles. The Morgan fingerprint density at radius 3 is 2.68 bits per heavy atom. The Bertz CT molecular complexity index is 927. The van der Waals surface area contributed by atoms with Gasteiger partial charge in [-0.05, 0) is 43.7 Å². The molecule has 0 spiro atoms. The molecule has 0 aromatic carbocycles. The second kappa shape index (κ2) is 6.64. The van der Waals surface area contributed by atoms with Gasteiger partial charge in [0.1, 0.15) is 11.9 Å². The van der Waals surface area contributed by atoms with Crippen LogP contribution in [0.5, 0.6) is 0 Å². The van der Waals surface area contributed by atoms with Gasteiger partial charge < -0.3 is 10.8 Å². The third-order valence-electron chi connectivity index (χ3n) is 4.59. The standard InChI is InChI=1S/C17H20N4O4/c1-20-13-5-3-2-4-11(13)15(22)21(17(20)25)14-7-6-10(9-19-14)8-12(18)16(23)24/h6-7,9,12H,2-5,8,18H2,1H3,(H,23,24). The first kappa shape index (κ1) is 17.1. The third-order valence-corrected chi connectivity index (χ3v) is 4.59. The highest BCUT2D eigenvalue weighted by Crippen LogP contribution is 2.16. The summed E-state index contributed by atoms with van der Waals surface area (Å²) in [6.45, 7) is 0. The first-order valence-corrected chi connectivity index (χ1v) is 8.17. The van der Waals surface area contributed by atoms with Crippen LogP contribution < -0.4 is 17.0 Å². The van der Waals surface area contributed by atoms with E-state index in [0.717, 1.165) is 29.5 Å². The lowest BCUT2D eigenvalue weighted by molar-refractivity contribution is -0.138. The Hall–Kier alpha value is -2.74. The minimum atomic E-state index is -1.09. The Morgan fingerprint density at radius 1 is 1.32 bits per heavy atom. The zero-order chi connectivity index (χ0) is 18.1. The molecule has 0 saturated heterocycles. The molecule has 0 fully saturated rings. The predicted octanol–water partition coefficient (Wildman–Crippen LogP) is -0.236. The summed E-state index contributed by atoms with van der Waals surface area (Å²) in [6, 6.07) is 2.16. The monoisotopic (exact) mass is 344 g/mol. The lowest BCUT2D eigenvalue weighted by Crippen LogP contribution is -2.43. The van der Waals surface area contributed by atoms with E-state index in [4.69, 9.17) is 10.8 Å². The maximum Gasteiger partial charge on any atom is 0.336 e. The van der Waals surface area contributed by atoms with E-state index in [0.29, 0.717) is 17.5 Å². The van der Waals surface area contributed by atoms with Gasteiger partial charge in [-0.1, -0.05) is 6.07 Å². The van der Waals surface area contributed by atoms with E-state index in [1.807, 2.05) is 0 Å². The smallest absolute Gasteiger partial charge is 0.336 e. The summed E-state index contributed by atoms with van der Waals surface area (Å²) in [5.74, 6) is -0.865. The Labute approximate surface area is 143 Å². The van der Waals surface area contributed by atoms with Crippen LogP contribution in [0.1, 0.15) is 29.7 Å². The summed E-state index contributed by atoms with van der Waals surface area (Å²) in [4.78, 5) is 40.3. The molecule has 8 nitrogen and oxygen atoms in total. The molecule has 0 saturated carbocycles. The number of rotatable bonds is 4. The van der Waals surface area contributed by atoms with Crippen LogP contribution in [0.15, 0.2) is 27.9 Å². The summed E-state index contributed by atoms with van der Waals surface area (Å²) in [5.41, 5.74) is 6.87. The molecular weight excluding hydrogens is 324 g/mol. The Kier molecular flexibility index (Phi) is 4.54. The lowest BCUT2D eigenvalue weighted by Gasteiger charge is -2.20. The van der Waals surface area contributed by atoms with E-state index in [1.54, 1.807) is 19.2 Å². The number of aromatic nitrogens is 3. The topological polar surface area (TPSA) is 120 Å². The van der Waals surface area contributed by atoms with Gasteiger partial charge in [0.25, 0.3) is 5.56 Å². The van der Waals surface area contributed by atoms with E-state index < -0.39 is 17.7 Å². The highest BCUT2D eigenvalue weighted by atomic mass is 16.4. The number of fused-ring (bicyclic) bond motifs is 1. The highest BCUT2D eigenvalue weighted by molar-refractivity contribution is 5.73. The molecule has 1 aliphatic carbocycles. The average molecular weight is 344 g/mol. The summed E-state index contributed by atoms with van der Waals surface area (Å²) in [7, 11) is 1.67. The number of carboxylic acid groups (broad SMARTS) is 1. The number of pyridine rings is 1. The van der Waals surface area contributed by atoms with Crippen molar-refractivity contribution in [3.63, 3.8) is 0 Å². The molecule has 0 aliphatic heterocycles. The van der Waals surface area contributed by atoms with Crippen molar-refractivity contribution >= 4 is 5.97 Å². The first-order chi connectivity index (χ1) is 11.9. The maximum atomic E-state index is 12.8. The molecule has 2 heterocycles. The van der Waals surface area contributed by atoms with Crippen LogP contribution >= 0.6 is 0 Å². The second-order valence-electron chi connectivity index (χ2n) is 6.29. The number of aliphatic carboxylic acids is 1. The number of nitrogens with two attached hydrogens (primary N) is 1. The van der Waals surface area contributed by atoms with Crippen LogP contribution in [-0.4, -0.2) is 31.2 Å². The first-order valence-electron chi connectivity index (χ1n) is 8.17. The summed E-state index contributed by atoms with van der Waals surface area (Å²) in [6.07, 6.45) is 4.87. The maximum absolute atomic E-state index is 12.8. The van der Waals surface area contributed by atoms with Crippen LogP contribution in [0, 0.1) is 0 Å². The van der Waals surface area contributed by atoms with Crippen molar-refractivity contribution in [2.75, 3.05) is 0 Å². The minimum Gasteiger partial charge on any atom is -0.480 e. The van der Waals surface area contributed by atoms with Gasteiger partial charge in [0.05, 0.1) is 0 Å². The molecule has 25 heavy (non-hydrogen) atoms. The van der Waals surface area contributed by atoms with Gasteiger partial charge in [-0.25, -0.2) is 14.3 Å². The molecule has 1 atom stereocenters. The average Bonchev–Trinajstić information content (AvgIpc) is 2.61. The molecule has 3 rings (SSSR count). The summed E-state index contributed by atoms with van der Waals surface area (Å²) in [5, 5.41) is 8.86. The fraction of sp³-hybridized carbons (Fsp3) is 0.412. The molecule has 0 radical (unpaired) electrons. The fourth-order valence-electron chi connectivity index (χ4n) is 3.19. The number of hydrogen-bond donors (Lipinski definition) is 2. The molecule has 1 aliphatic rings. The van der Waals surface area contributed by atoms with E-state index in [1.165, 1.54) is 10.8 Å². The third kappa shape index (κ3) is 3.12. The minimum absolute atomic E-state index is 0.125. The van der Waals surface area contributed by atoms with E-state index in [-0.39, 0.29) is 17.8 Å². The Balaban J connectivity index is 2.03. The zero-order valence-corrected chi connectivity index (χ0v) is 13.9. The molecule has 0 bridgehead atoms. The van der Waals surface area contributed by atoms with Gasteiger partial charge in [0.2, 0.25) is 0 Å². The highest BCUT2D eigenvalue weighted by Gasteiger charge is 2.21. The van der Waals surface area contributed by atoms with Crippen molar-refractivity contribution in [3.05, 3.63) is 56.0 Å². The van der Waals surface area contributed by atoms with Crippen LogP contribution in [0.3, 0.4) is 0 Å². The number of hydrogen-bond acceptors (Lipinski definition) is 5. The molecule has 132 valence electrons. The van der Waals surface area contributed by atoms with Crippen molar-refractivity contribution in [3.8, 4) is 5.82 Å². The normalized spacial score (nSPS) is 14.8. The number of carboxylic acids is 1. The molecule has 1 unspecified atom stereocenters. The van der Waals surface area contributed by atoms with Gasteiger partial charge in [-0.2, -0.15) is 0 Å². The SMILES string of the molecule is Cn1c2c(c(=O)n(-c3ccc(CC(N)C(=O)O)cn3)c1=O)CCCC2. The van der Waals surface area contributed by atoms with Gasteiger partial charge in [0.15, 0.2) is 0 Å². The number of nitrogens with zero attached hydrogens (tertiary/aromatic N) is 3. The van der Waals surface area contributed by atoms with E-state index in [9.17, 15) is 14.4 Å². The summed E-state index contributed by atoms with van der Waals surface area (Å²) >= 11 is 0. The summed E-state index contributed by atoms with van der Waals surface area (Å²) < 4.78 is 2.59. The second-order valence-corrected chi connectivity index (χ2v) is 6.29.